The molecule has 2 aromatic heterocycles. The average Bonchev–Trinajstić information content (AvgIpc) is 3.45. The van der Waals surface area contributed by atoms with Crippen LogP contribution in [-0.2, 0) is 35.8 Å². The molecule has 1 aliphatic carbocycles. The minimum Gasteiger partial charge on any atom is -0.493 e. The van der Waals surface area contributed by atoms with Crippen LogP contribution in [0.4, 0.5) is 0 Å². The Hall–Kier alpha value is -2.64. The van der Waals surface area contributed by atoms with Crippen molar-refractivity contribution in [2.24, 2.45) is 7.05 Å². The monoisotopic (exact) mass is 424 g/mol. The van der Waals surface area contributed by atoms with E-state index in [4.69, 9.17) is 14.6 Å². The first kappa shape index (κ1) is 19.3. The minimum absolute atomic E-state index is 0.446. The van der Waals surface area contributed by atoms with E-state index in [-0.39, 0.29) is 0 Å². The number of hydrogen-bond donors (Lipinski definition) is 1. The third-order valence-corrected chi connectivity index (χ3v) is 7.20. The van der Waals surface area contributed by atoms with Gasteiger partial charge in [-0.1, -0.05) is 6.07 Å². The Morgan fingerprint density at radius 2 is 2.07 bits per heavy atom. The molecule has 1 aliphatic heterocycles. The molecule has 7 heteroatoms. The van der Waals surface area contributed by atoms with Crippen molar-refractivity contribution in [3.05, 3.63) is 46.0 Å². The molecule has 0 saturated carbocycles. The zero-order chi connectivity index (χ0) is 20.8. The molecule has 1 aromatic carbocycles. The summed E-state index contributed by atoms with van der Waals surface area (Å²) >= 11 is 1.76. The van der Waals surface area contributed by atoms with Gasteiger partial charge in [-0.05, 0) is 67.0 Å². The molecule has 0 amide bonds. The highest BCUT2D eigenvalue weighted by atomic mass is 32.1. The first-order valence-electron chi connectivity index (χ1n) is 10.3. The van der Waals surface area contributed by atoms with E-state index in [1.165, 1.54) is 24.0 Å². The summed E-state index contributed by atoms with van der Waals surface area (Å²) in [6.45, 7) is 0.734. The number of thiophene rings is 1. The summed E-state index contributed by atoms with van der Waals surface area (Å²) in [5, 5.41) is 15.5. The SMILES string of the molecule is COC(=O)C(O)c1c(-c2ccc3c(c2)CCCO3)c(-c2cc3c(s2)CCC3)nn1C. The van der Waals surface area contributed by atoms with E-state index in [9.17, 15) is 9.90 Å². The minimum atomic E-state index is -1.41. The third kappa shape index (κ3) is 3.13. The molecule has 1 atom stereocenters. The molecule has 6 nitrogen and oxygen atoms in total. The Balaban J connectivity index is 1.70. The van der Waals surface area contributed by atoms with Crippen LogP contribution in [0.3, 0.4) is 0 Å². The van der Waals surface area contributed by atoms with E-state index < -0.39 is 12.1 Å². The van der Waals surface area contributed by atoms with Gasteiger partial charge in [0.2, 0.25) is 0 Å². The highest BCUT2D eigenvalue weighted by molar-refractivity contribution is 7.15. The van der Waals surface area contributed by atoms with Gasteiger partial charge in [0.25, 0.3) is 0 Å². The number of aryl methyl sites for hydroxylation is 4. The Labute approximate surface area is 179 Å². The van der Waals surface area contributed by atoms with E-state index in [0.717, 1.165) is 65.3 Å². The smallest absolute Gasteiger partial charge is 0.341 e. The van der Waals surface area contributed by atoms with Crippen LogP contribution in [0, 0.1) is 0 Å². The third-order valence-electron chi connectivity index (χ3n) is 5.95. The van der Waals surface area contributed by atoms with Gasteiger partial charge < -0.3 is 14.6 Å². The lowest BCUT2D eigenvalue weighted by Gasteiger charge is -2.19. The number of aromatic nitrogens is 2. The number of aliphatic hydroxyl groups is 1. The van der Waals surface area contributed by atoms with Gasteiger partial charge in [-0.15, -0.1) is 11.3 Å². The Morgan fingerprint density at radius 1 is 1.23 bits per heavy atom. The quantitative estimate of drug-likeness (QED) is 0.645. The molecule has 0 saturated heterocycles. The Morgan fingerprint density at radius 3 is 2.87 bits per heavy atom. The van der Waals surface area contributed by atoms with Crippen molar-refractivity contribution in [1.82, 2.24) is 9.78 Å². The number of hydrogen-bond acceptors (Lipinski definition) is 6. The number of benzene rings is 1. The number of nitrogens with zero attached hydrogens (tertiary/aromatic N) is 2. The summed E-state index contributed by atoms with van der Waals surface area (Å²) in [5.41, 5.74) is 5.48. The van der Waals surface area contributed by atoms with Crippen LogP contribution in [0.25, 0.3) is 21.7 Å². The van der Waals surface area contributed by atoms with Crippen molar-refractivity contribution in [1.29, 1.82) is 0 Å². The molecule has 1 N–H and O–H groups in total. The molecule has 5 rings (SSSR count). The van der Waals surface area contributed by atoms with Crippen LogP contribution in [0.15, 0.2) is 24.3 Å². The number of carbonyl (C=O) groups excluding carboxylic acids is 1. The molecule has 1 unspecified atom stereocenters. The molecular weight excluding hydrogens is 400 g/mol. The zero-order valence-electron chi connectivity index (χ0n) is 17.1. The second kappa shape index (κ2) is 7.56. The topological polar surface area (TPSA) is 73.6 Å². The molecule has 3 heterocycles. The van der Waals surface area contributed by atoms with Crippen molar-refractivity contribution in [3.63, 3.8) is 0 Å². The van der Waals surface area contributed by atoms with Crippen molar-refractivity contribution in [2.45, 2.75) is 38.2 Å². The summed E-state index contributed by atoms with van der Waals surface area (Å²) in [6, 6.07) is 8.28. The Bertz CT molecular complexity index is 1110. The number of methoxy groups -OCH3 is 1. The van der Waals surface area contributed by atoms with Crippen molar-refractivity contribution >= 4 is 17.3 Å². The molecule has 0 spiro atoms. The standard InChI is InChI=1S/C23H24N2O4S/c1-25-21(22(26)23(27)28-2)19(15-8-9-16-13(11-15)6-4-10-29-16)20(24-25)18-12-14-5-3-7-17(14)30-18/h8-9,11-12,22,26H,3-7,10H2,1-2H3. The number of carbonyl (C=O) groups is 1. The summed E-state index contributed by atoms with van der Waals surface area (Å²) in [7, 11) is 3.04. The molecular formula is C23H24N2O4S. The molecule has 0 radical (unpaired) electrons. The molecule has 3 aromatic rings. The summed E-state index contributed by atoms with van der Waals surface area (Å²) in [6.07, 6.45) is 3.92. The maximum absolute atomic E-state index is 12.2. The van der Waals surface area contributed by atoms with Gasteiger partial charge in [-0.25, -0.2) is 4.79 Å². The highest BCUT2D eigenvalue weighted by Crippen LogP contribution is 2.44. The number of esters is 1. The fourth-order valence-corrected chi connectivity index (χ4v) is 5.74. The average molecular weight is 425 g/mol. The predicted molar refractivity (Wildman–Crippen MR) is 115 cm³/mol. The number of fused-ring (bicyclic) bond motifs is 2. The molecule has 2 aliphatic rings. The summed E-state index contributed by atoms with van der Waals surface area (Å²) in [5.74, 6) is 0.210. The van der Waals surface area contributed by atoms with E-state index in [1.807, 2.05) is 12.1 Å². The van der Waals surface area contributed by atoms with Gasteiger partial charge in [0.15, 0.2) is 6.10 Å². The maximum Gasteiger partial charge on any atom is 0.341 e. The molecule has 156 valence electrons. The van der Waals surface area contributed by atoms with E-state index in [1.54, 1.807) is 23.1 Å². The molecule has 0 fully saturated rings. The van der Waals surface area contributed by atoms with Gasteiger partial charge in [-0.2, -0.15) is 5.10 Å². The highest BCUT2D eigenvalue weighted by Gasteiger charge is 2.31. The van der Waals surface area contributed by atoms with Crippen LogP contribution in [0.2, 0.25) is 0 Å². The zero-order valence-corrected chi connectivity index (χ0v) is 17.9. The predicted octanol–water partition coefficient (Wildman–Crippen LogP) is 3.84. The number of rotatable bonds is 4. The van der Waals surface area contributed by atoms with E-state index in [0.29, 0.717) is 5.69 Å². The lowest BCUT2D eigenvalue weighted by Crippen LogP contribution is -2.17. The largest absolute Gasteiger partial charge is 0.493 e. The normalized spacial score (nSPS) is 16.0. The fraction of sp³-hybridized carbons (Fsp3) is 0.391. The second-order valence-corrected chi connectivity index (χ2v) is 8.98. The maximum atomic E-state index is 12.2. The lowest BCUT2D eigenvalue weighted by atomic mass is 9.95. The van der Waals surface area contributed by atoms with Crippen molar-refractivity contribution in [2.75, 3.05) is 13.7 Å². The van der Waals surface area contributed by atoms with Gasteiger partial charge in [0, 0.05) is 17.5 Å². The first-order chi connectivity index (χ1) is 14.6. The van der Waals surface area contributed by atoms with Crippen LogP contribution < -0.4 is 4.74 Å². The second-order valence-electron chi connectivity index (χ2n) is 7.85. The first-order valence-corrected chi connectivity index (χ1v) is 11.1. The molecule has 0 bridgehead atoms. The Kier molecular flexibility index (Phi) is 4.87. The lowest BCUT2D eigenvalue weighted by molar-refractivity contribution is -0.151. The number of aliphatic hydroxyl groups excluding tert-OH is 1. The number of ether oxygens (including phenoxy) is 2. The van der Waals surface area contributed by atoms with Crippen LogP contribution in [-0.4, -0.2) is 34.6 Å². The van der Waals surface area contributed by atoms with Gasteiger partial charge >= 0.3 is 5.97 Å². The van der Waals surface area contributed by atoms with Gasteiger partial charge in [0.1, 0.15) is 11.4 Å². The van der Waals surface area contributed by atoms with Crippen molar-refractivity contribution in [3.8, 4) is 27.4 Å². The van der Waals surface area contributed by atoms with E-state index in [2.05, 4.69) is 12.1 Å². The summed E-state index contributed by atoms with van der Waals surface area (Å²) < 4.78 is 12.2. The fourth-order valence-electron chi connectivity index (χ4n) is 4.49. The van der Waals surface area contributed by atoms with Crippen LogP contribution in [0.5, 0.6) is 5.75 Å². The van der Waals surface area contributed by atoms with Crippen molar-refractivity contribution < 1.29 is 19.4 Å². The molecule has 30 heavy (non-hydrogen) atoms. The van der Waals surface area contributed by atoms with Crippen LogP contribution in [0.1, 0.15) is 40.6 Å². The van der Waals surface area contributed by atoms with E-state index >= 15 is 0 Å². The van der Waals surface area contributed by atoms with Crippen LogP contribution >= 0.6 is 11.3 Å². The van der Waals surface area contributed by atoms with Gasteiger partial charge in [-0.3, -0.25) is 4.68 Å². The van der Waals surface area contributed by atoms with Gasteiger partial charge in [0.05, 0.1) is 24.3 Å². The summed E-state index contributed by atoms with van der Waals surface area (Å²) in [4.78, 5) is 14.7.